The molecule has 0 aromatic heterocycles. The second-order valence-corrected chi connectivity index (χ2v) is 10.7. The Bertz CT molecular complexity index is 578. The lowest BCUT2D eigenvalue weighted by Crippen LogP contribution is -2.54. The molecule has 4 aliphatic carbocycles. The molecule has 4 fully saturated rings. The highest BCUT2D eigenvalue weighted by atomic mass is 19.4. The standard InChI is InChI=1S/C23H35F3/c1-14(2)18-7-8-19-17-6-5-15-13-16(23(24,25)26)9-11-21(15,3)20(17)10-12-22(18,19)4/h15-20H,1,5-13H2,2-4H3. The van der Waals surface area contributed by atoms with Crippen LogP contribution in [0.1, 0.15) is 78.6 Å². The van der Waals surface area contributed by atoms with E-state index in [0.29, 0.717) is 30.1 Å². The van der Waals surface area contributed by atoms with E-state index in [1.165, 1.54) is 37.7 Å². The van der Waals surface area contributed by atoms with Gasteiger partial charge in [0.15, 0.2) is 0 Å². The van der Waals surface area contributed by atoms with Crippen LogP contribution in [0.2, 0.25) is 0 Å². The van der Waals surface area contributed by atoms with Crippen LogP contribution in [0.4, 0.5) is 13.2 Å². The minimum Gasteiger partial charge on any atom is -0.171 e. The topological polar surface area (TPSA) is 0 Å². The molecule has 0 radical (unpaired) electrons. The molecule has 0 aromatic carbocycles. The maximum atomic E-state index is 13.3. The van der Waals surface area contributed by atoms with Gasteiger partial charge in [-0.1, -0.05) is 26.0 Å². The van der Waals surface area contributed by atoms with Crippen molar-refractivity contribution in [1.82, 2.24) is 0 Å². The van der Waals surface area contributed by atoms with E-state index in [1.807, 2.05) is 0 Å². The van der Waals surface area contributed by atoms with Crippen LogP contribution in [-0.4, -0.2) is 6.18 Å². The van der Waals surface area contributed by atoms with Crippen LogP contribution in [0.15, 0.2) is 12.2 Å². The van der Waals surface area contributed by atoms with Gasteiger partial charge in [0.05, 0.1) is 5.92 Å². The summed E-state index contributed by atoms with van der Waals surface area (Å²) in [4.78, 5) is 0. The molecule has 0 saturated heterocycles. The summed E-state index contributed by atoms with van der Waals surface area (Å²) in [5.74, 6) is 2.04. The molecule has 4 rings (SSSR count). The van der Waals surface area contributed by atoms with Crippen LogP contribution in [-0.2, 0) is 0 Å². The van der Waals surface area contributed by atoms with Crippen molar-refractivity contribution >= 4 is 0 Å². The summed E-state index contributed by atoms with van der Waals surface area (Å²) in [5, 5.41) is 0. The van der Waals surface area contributed by atoms with Gasteiger partial charge >= 0.3 is 6.18 Å². The lowest BCUT2D eigenvalue weighted by Gasteiger charge is -2.61. The molecule has 0 nitrogen and oxygen atoms in total. The van der Waals surface area contributed by atoms with Gasteiger partial charge in [0, 0.05) is 0 Å². The summed E-state index contributed by atoms with van der Waals surface area (Å²) in [6.45, 7) is 11.3. The van der Waals surface area contributed by atoms with Gasteiger partial charge in [-0.25, -0.2) is 0 Å². The van der Waals surface area contributed by atoms with Crippen LogP contribution in [0.5, 0.6) is 0 Å². The Morgan fingerprint density at radius 3 is 2.19 bits per heavy atom. The minimum atomic E-state index is -4.00. The SMILES string of the molecule is C=C(C)C1CCC2C3CCC4CC(C(F)(F)F)CCC4(C)C3CCC12C. The van der Waals surface area contributed by atoms with E-state index in [1.54, 1.807) is 0 Å². The third kappa shape index (κ3) is 2.62. The first kappa shape index (κ1) is 18.9. The maximum Gasteiger partial charge on any atom is 0.391 e. The summed E-state index contributed by atoms with van der Waals surface area (Å²) in [7, 11) is 0. The number of alkyl halides is 3. The van der Waals surface area contributed by atoms with Crippen LogP contribution >= 0.6 is 0 Å². The lowest BCUT2D eigenvalue weighted by atomic mass is 9.44. The Balaban J connectivity index is 1.57. The van der Waals surface area contributed by atoms with Gasteiger partial charge in [-0.15, -0.1) is 0 Å². The molecule has 0 bridgehead atoms. The van der Waals surface area contributed by atoms with Gasteiger partial charge in [0.25, 0.3) is 0 Å². The van der Waals surface area contributed by atoms with Crippen molar-refractivity contribution in [3.05, 3.63) is 12.2 Å². The fourth-order valence-corrected chi connectivity index (χ4v) is 8.36. The average molecular weight is 369 g/mol. The molecule has 0 N–H and O–H groups in total. The zero-order valence-corrected chi connectivity index (χ0v) is 16.7. The highest BCUT2D eigenvalue weighted by Gasteiger charge is 2.61. The first-order chi connectivity index (χ1) is 12.1. The summed E-state index contributed by atoms with van der Waals surface area (Å²) in [6.07, 6.45) is 4.78. The number of fused-ring (bicyclic) bond motifs is 5. The van der Waals surface area contributed by atoms with E-state index in [0.717, 1.165) is 24.7 Å². The predicted octanol–water partition coefficient (Wildman–Crippen LogP) is 7.40. The maximum absolute atomic E-state index is 13.3. The highest BCUT2D eigenvalue weighted by Crippen LogP contribution is 2.68. The van der Waals surface area contributed by atoms with Crippen molar-refractivity contribution in [2.75, 3.05) is 0 Å². The van der Waals surface area contributed by atoms with Crippen molar-refractivity contribution in [3.8, 4) is 0 Å². The Labute approximate surface area is 157 Å². The van der Waals surface area contributed by atoms with Gasteiger partial charge in [-0.2, -0.15) is 13.2 Å². The van der Waals surface area contributed by atoms with Gasteiger partial charge in [-0.05, 0) is 105 Å². The number of allylic oxidation sites excluding steroid dienone is 1. The normalized spacial score (nSPS) is 51.3. The molecule has 0 spiro atoms. The number of halogens is 3. The molecule has 148 valence electrons. The molecule has 4 saturated carbocycles. The van der Waals surface area contributed by atoms with Crippen LogP contribution in [0, 0.1) is 46.3 Å². The Hall–Kier alpha value is -0.470. The Kier molecular flexibility index (Phi) is 4.36. The predicted molar refractivity (Wildman–Crippen MR) is 99.6 cm³/mol. The van der Waals surface area contributed by atoms with Crippen LogP contribution in [0.3, 0.4) is 0 Å². The first-order valence-corrected chi connectivity index (χ1v) is 10.8. The Morgan fingerprint density at radius 1 is 0.885 bits per heavy atom. The van der Waals surface area contributed by atoms with Gasteiger partial charge in [0.1, 0.15) is 0 Å². The zero-order chi connectivity index (χ0) is 18.9. The minimum absolute atomic E-state index is 0.146. The van der Waals surface area contributed by atoms with E-state index in [9.17, 15) is 13.2 Å². The van der Waals surface area contributed by atoms with E-state index >= 15 is 0 Å². The molecule has 0 amide bonds. The van der Waals surface area contributed by atoms with Crippen molar-refractivity contribution in [2.45, 2.75) is 84.7 Å². The second kappa shape index (κ2) is 6.01. The Morgan fingerprint density at radius 2 is 1.54 bits per heavy atom. The number of rotatable bonds is 1. The molecule has 0 aromatic rings. The lowest BCUT2D eigenvalue weighted by molar-refractivity contribution is -0.207. The fraction of sp³-hybridized carbons (Fsp3) is 0.913. The van der Waals surface area contributed by atoms with Gasteiger partial charge in [-0.3, -0.25) is 0 Å². The van der Waals surface area contributed by atoms with Crippen molar-refractivity contribution in [1.29, 1.82) is 0 Å². The van der Waals surface area contributed by atoms with Gasteiger partial charge in [0.2, 0.25) is 0 Å². The molecule has 0 aliphatic heterocycles. The molecular weight excluding hydrogens is 333 g/mol. The van der Waals surface area contributed by atoms with E-state index < -0.39 is 12.1 Å². The summed E-state index contributed by atoms with van der Waals surface area (Å²) >= 11 is 0. The molecule has 26 heavy (non-hydrogen) atoms. The third-order valence-electron chi connectivity index (χ3n) is 9.72. The number of hydrogen-bond acceptors (Lipinski definition) is 0. The molecule has 3 heteroatoms. The van der Waals surface area contributed by atoms with Gasteiger partial charge < -0.3 is 0 Å². The van der Waals surface area contributed by atoms with Crippen LogP contribution < -0.4 is 0 Å². The van der Waals surface area contributed by atoms with Crippen molar-refractivity contribution < 1.29 is 13.2 Å². The van der Waals surface area contributed by atoms with E-state index in [2.05, 4.69) is 27.4 Å². The average Bonchev–Trinajstić information content (AvgIpc) is 2.90. The van der Waals surface area contributed by atoms with Crippen molar-refractivity contribution in [2.24, 2.45) is 46.3 Å². The highest BCUT2D eigenvalue weighted by molar-refractivity contribution is 5.15. The van der Waals surface area contributed by atoms with E-state index in [4.69, 9.17) is 0 Å². The van der Waals surface area contributed by atoms with Crippen molar-refractivity contribution in [3.63, 3.8) is 0 Å². The smallest absolute Gasteiger partial charge is 0.171 e. The molecule has 8 unspecified atom stereocenters. The quantitative estimate of drug-likeness (QED) is 0.423. The van der Waals surface area contributed by atoms with E-state index in [-0.39, 0.29) is 11.3 Å². The summed E-state index contributed by atoms with van der Waals surface area (Å²) in [5.41, 5.74) is 1.88. The molecular formula is C23H35F3. The summed E-state index contributed by atoms with van der Waals surface area (Å²) in [6, 6.07) is 0. The molecule has 4 aliphatic rings. The largest absolute Gasteiger partial charge is 0.391 e. The second-order valence-electron chi connectivity index (χ2n) is 10.7. The fourth-order valence-electron chi connectivity index (χ4n) is 8.36. The summed E-state index contributed by atoms with van der Waals surface area (Å²) < 4.78 is 39.9. The molecule has 0 heterocycles. The number of hydrogen-bond donors (Lipinski definition) is 0. The third-order valence-corrected chi connectivity index (χ3v) is 9.72. The van der Waals surface area contributed by atoms with Crippen LogP contribution in [0.25, 0.3) is 0 Å². The monoisotopic (exact) mass is 368 g/mol. The first-order valence-electron chi connectivity index (χ1n) is 10.8. The zero-order valence-electron chi connectivity index (χ0n) is 16.7. The molecule has 8 atom stereocenters.